The number of fused-ring (bicyclic) bond motifs is 1. The van der Waals surface area contributed by atoms with Gasteiger partial charge in [0.05, 0.1) is 10.6 Å². The predicted octanol–water partition coefficient (Wildman–Crippen LogP) is 5.10. The highest BCUT2D eigenvalue weighted by molar-refractivity contribution is 7.92. The average molecular weight is 664 g/mol. The Morgan fingerprint density at radius 3 is 2.13 bits per heavy atom. The topological polar surface area (TPSA) is 105 Å². The van der Waals surface area contributed by atoms with Gasteiger partial charge in [0, 0.05) is 25.6 Å². The number of nitrogens with zero attached hydrogens (tertiary/aromatic N) is 2. The van der Waals surface area contributed by atoms with Crippen molar-refractivity contribution in [3.05, 3.63) is 120 Å². The molecule has 0 saturated carbocycles. The molecule has 47 heavy (non-hydrogen) atoms. The van der Waals surface area contributed by atoms with Crippen LogP contribution >= 0.6 is 0 Å². The lowest BCUT2D eigenvalue weighted by Gasteiger charge is -2.34. The Labute approximate surface area is 272 Å². The summed E-state index contributed by atoms with van der Waals surface area (Å²) in [5.41, 5.74) is 1.34. The molecule has 2 amide bonds. The fraction of sp³-hybridized carbons (Fsp3) is 0.257. The first-order chi connectivity index (χ1) is 22.7. The van der Waals surface area contributed by atoms with Gasteiger partial charge >= 0.3 is 0 Å². The van der Waals surface area contributed by atoms with Crippen LogP contribution in [0.15, 0.2) is 102 Å². The van der Waals surface area contributed by atoms with E-state index >= 15 is 0 Å². The van der Waals surface area contributed by atoms with Crippen LogP contribution in [0.25, 0.3) is 0 Å². The number of carbonyl (C=O) groups is 2. The molecule has 0 fully saturated rings. The molecular formula is C35H35F2N3O6S. The number of hydrogen-bond acceptors (Lipinski definition) is 6. The molecule has 0 aliphatic carbocycles. The van der Waals surface area contributed by atoms with Crippen LogP contribution in [0, 0.1) is 11.6 Å². The summed E-state index contributed by atoms with van der Waals surface area (Å²) in [6, 6.07) is 22.4. The first kappa shape index (κ1) is 33.4. The molecule has 5 rings (SSSR count). The van der Waals surface area contributed by atoms with Gasteiger partial charge < -0.3 is 19.7 Å². The summed E-state index contributed by atoms with van der Waals surface area (Å²) in [5.74, 6) is -1.57. The van der Waals surface area contributed by atoms with Gasteiger partial charge in [-0.2, -0.15) is 0 Å². The number of halogens is 2. The van der Waals surface area contributed by atoms with Crippen LogP contribution < -0.4 is 19.1 Å². The van der Waals surface area contributed by atoms with Crippen molar-refractivity contribution in [1.29, 1.82) is 0 Å². The standard InChI is InChI=1S/C35H35F2N3O6S/c1-2-18-38-35(42)31(21-25-6-4-3-5-7-25)39(23-26-8-10-27(36)11-9-26)34(41)24-40(29-14-12-28(37)13-15-29)47(43,44)30-16-17-32-33(22-30)46-20-19-45-32/h3-17,22,31H,2,18-21,23-24H2,1H3,(H,38,42)/t31-/m0/s1. The van der Waals surface area contributed by atoms with Crippen LogP contribution in [0.3, 0.4) is 0 Å². The van der Waals surface area contributed by atoms with Crippen molar-refractivity contribution in [2.24, 2.45) is 0 Å². The highest BCUT2D eigenvalue weighted by atomic mass is 32.2. The first-order valence-electron chi connectivity index (χ1n) is 15.2. The van der Waals surface area contributed by atoms with Crippen LogP contribution in [0.1, 0.15) is 24.5 Å². The predicted molar refractivity (Wildman–Crippen MR) is 173 cm³/mol. The molecule has 0 radical (unpaired) electrons. The fourth-order valence-electron chi connectivity index (χ4n) is 5.15. The maximum absolute atomic E-state index is 14.4. The molecular weight excluding hydrogens is 628 g/mol. The summed E-state index contributed by atoms with van der Waals surface area (Å²) in [4.78, 5) is 29.2. The van der Waals surface area contributed by atoms with Crippen molar-refractivity contribution >= 4 is 27.5 Å². The van der Waals surface area contributed by atoms with Gasteiger partial charge in [-0.3, -0.25) is 13.9 Å². The Morgan fingerprint density at radius 2 is 1.47 bits per heavy atom. The van der Waals surface area contributed by atoms with Gasteiger partial charge in [-0.25, -0.2) is 17.2 Å². The Morgan fingerprint density at radius 1 is 0.830 bits per heavy atom. The number of amides is 2. The van der Waals surface area contributed by atoms with Crippen molar-refractivity contribution in [3.8, 4) is 11.5 Å². The second-order valence-corrected chi connectivity index (χ2v) is 12.8. The second-order valence-electron chi connectivity index (χ2n) is 10.9. The SMILES string of the molecule is CCCNC(=O)[C@H](Cc1ccccc1)N(Cc1ccc(F)cc1)C(=O)CN(c1ccc(F)cc1)S(=O)(=O)c1ccc2c(c1)OCCO2. The minimum Gasteiger partial charge on any atom is -0.486 e. The normalized spacial score (nSPS) is 13.0. The molecule has 1 atom stereocenters. The van der Waals surface area contributed by atoms with E-state index in [0.717, 1.165) is 22.0 Å². The van der Waals surface area contributed by atoms with Crippen LogP contribution in [-0.4, -0.2) is 57.5 Å². The van der Waals surface area contributed by atoms with Crippen LogP contribution in [0.4, 0.5) is 14.5 Å². The summed E-state index contributed by atoms with van der Waals surface area (Å²) in [6.45, 7) is 1.97. The molecule has 9 nitrogen and oxygen atoms in total. The zero-order valence-electron chi connectivity index (χ0n) is 25.8. The van der Waals surface area contributed by atoms with Gasteiger partial charge in [0.2, 0.25) is 11.8 Å². The number of benzene rings is 4. The third kappa shape index (κ3) is 8.25. The summed E-state index contributed by atoms with van der Waals surface area (Å²) < 4.78 is 68.3. The van der Waals surface area contributed by atoms with E-state index in [0.29, 0.717) is 30.9 Å². The minimum atomic E-state index is -4.45. The van der Waals surface area contributed by atoms with E-state index in [4.69, 9.17) is 9.47 Å². The Balaban J connectivity index is 1.56. The number of rotatable bonds is 13. The largest absolute Gasteiger partial charge is 0.486 e. The van der Waals surface area contributed by atoms with Gasteiger partial charge in [0.1, 0.15) is 37.4 Å². The maximum Gasteiger partial charge on any atom is 0.264 e. The highest BCUT2D eigenvalue weighted by Crippen LogP contribution is 2.34. The van der Waals surface area contributed by atoms with E-state index in [-0.39, 0.29) is 35.9 Å². The molecule has 0 saturated heterocycles. The zero-order chi connectivity index (χ0) is 33.4. The van der Waals surface area contributed by atoms with Gasteiger partial charge in [-0.15, -0.1) is 0 Å². The van der Waals surface area contributed by atoms with Crippen LogP contribution in [-0.2, 0) is 32.6 Å². The van der Waals surface area contributed by atoms with Crippen molar-refractivity contribution in [1.82, 2.24) is 10.2 Å². The molecule has 4 aromatic carbocycles. The van der Waals surface area contributed by atoms with E-state index in [1.807, 2.05) is 37.3 Å². The molecule has 0 bridgehead atoms. The second kappa shape index (κ2) is 15.1. The molecule has 0 aromatic heterocycles. The van der Waals surface area contributed by atoms with E-state index in [1.54, 1.807) is 0 Å². The minimum absolute atomic E-state index is 0.0337. The lowest BCUT2D eigenvalue weighted by atomic mass is 10.0. The van der Waals surface area contributed by atoms with Gasteiger partial charge in [0.15, 0.2) is 11.5 Å². The molecule has 246 valence electrons. The molecule has 4 aromatic rings. The van der Waals surface area contributed by atoms with Crippen molar-refractivity contribution in [2.75, 3.05) is 30.6 Å². The van der Waals surface area contributed by atoms with Crippen molar-refractivity contribution in [3.63, 3.8) is 0 Å². The Hall–Kier alpha value is -4.97. The zero-order valence-corrected chi connectivity index (χ0v) is 26.6. The smallest absolute Gasteiger partial charge is 0.264 e. The molecule has 1 aliphatic heterocycles. The number of sulfonamides is 1. The molecule has 1 aliphatic rings. The monoisotopic (exact) mass is 663 g/mol. The third-order valence-electron chi connectivity index (χ3n) is 7.58. The number of carbonyl (C=O) groups excluding carboxylic acids is 2. The lowest BCUT2D eigenvalue weighted by molar-refractivity contribution is -0.140. The molecule has 1 N–H and O–H groups in total. The molecule has 1 heterocycles. The quantitative estimate of drug-likeness (QED) is 0.214. The van der Waals surface area contributed by atoms with Gasteiger partial charge in [-0.05, 0) is 66.1 Å². The van der Waals surface area contributed by atoms with Gasteiger partial charge in [0.25, 0.3) is 10.0 Å². The first-order valence-corrected chi connectivity index (χ1v) is 16.6. The number of nitrogens with one attached hydrogen (secondary N) is 1. The molecule has 0 unspecified atom stereocenters. The highest BCUT2D eigenvalue weighted by Gasteiger charge is 2.35. The fourth-order valence-corrected chi connectivity index (χ4v) is 6.58. The van der Waals surface area contributed by atoms with E-state index < -0.39 is 46.1 Å². The van der Waals surface area contributed by atoms with E-state index in [9.17, 15) is 26.8 Å². The number of ether oxygens (including phenoxy) is 2. The van der Waals surface area contributed by atoms with Crippen molar-refractivity contribution < 1.29 is 36.3 Å². The van der Waals surface area contributed by atoms with Crippen LogP contribution in [0.2, 0.25) is 0 Å². The lowest BCUT2D eigenvalue weighted by Crippen LogP contribution is -2.53. The van der Waals surface area contributed by atoms with Gasteiger partial charge in [-0.1, -0.05) is 49.4 Å². The Bertz CT molecular complexity index is 1790. The summed E-state index contributed by atoms with van der Waals surface area (Å²) >= 11 is 0. The van der Waals surface area contributed by atoms with E-state index in [1.165, 1.54) is 59.5 Å². The Kier molecular flexibility index (Phi) is 10.7. The average Bonchev–Trinajstić information content (AvgIpc) is 3.09. The summed E-state index contributed by atoms with van der Waals surface area (Å²) in [7, 11) is -4.45. The van der Waals surface area contributed by atoms with Crippen LogP contribution in [0.5, 0.6) is 11.5 Å². The summed E-state index contributed by atoms with van der Waals surface area (Å²) in [5, 5.41) is 2.87. The van der Waals surface area contributed by atoms with E-state index in [2.05, 4.69) is 5.32 Å². The molecule has 0 spiro atoms. The number of hydrogen-bond donors (Lipinski definition) is 1. The number of anilines is 1. The summed E-state index contributed by atoms with van der Waals surface area (Å²) in [6.07, 6.45) is 0.788. The molecule has 12 heteroatoms. The maximum atomic E-state index is 14.4. The van der Waals surface area contributed by atoms with Crippen molar-refractivity contribution in [2.45, 2.75) is 37.2 Å². The third-order valence-corrected chi connectivity index (χ3v) is 9.35.